The van der Waals surface area contributed by atoms with Gasteiger partial charge in [-0.1, -0.05) is 70.4 Å². The molecule has 1 heteroatoms. The fourth-order valence-corrected chi connectivity index (χ4v) is 1.88. The Balaban J connectivity index is 2.89. The minimum Gasteiger partial charge on any atom is -0.122 e. The Morgan fingerprint density at radius 1 is 0.733 bits per heavy atom. The van der Waals surface area contributed by atoms with Crippen molar-refractivity contribution in [2.75, 3.05) is 5.88 Å². The highest BCUT2D eigenvalue weighted by molar-refractivity contribution is 6.18. The summed E-state index contributed by atoms with van der Waals surface area (Å²) in [5.41, 5.74) is 0. The molecule has 0 saturated carbocycles. The summed E-state index contributed by atoms with van der Waals surface area (Å²) in [5.74, 6) is 0.664. The number of hydrogen-bond acceptors (Lipinski definition) is 0. The highest BCUT2D eigenvalue weighted by Crippen LogP contribution is 2.10. The number of unbranched alkanes of at least 4 members (excludes halogenated alkanes) is 9. The third-order valence-electron chi connectivity index (χ3n) is 2.73. The normalized spacial score (nSPS) is 11.3. The fraction of sp³-hybridized carbons (Fsp3) is 0.857. The van der Waals surface area contributed by atoms with Crippen molar-refractivity contribution in [3.8, 4) is 0 Å². The first-order valence-electron chi connectivity index (χ1n) is 6.62. The van der Waals surface area contributed by atoms with Crippen LogP contribution in [0.3, 0.4) is 0 Å². The summed E-state index contributed by atoms with van der Waals surface area (Å²) in [6, 6.07) is 0. The summed E-state index contributed by atoms with van der Waals surface area (Å²) in [6.45, 7) is 2.27. The average molecular weight is 231 g/mol. The van der Waals surface area contributed by atoms with E-state index < -0.39 is 0 Å². The van der Waals surface area contributed by atoms with Gasteiger partial charge in [0, 0.05) is 5.88 Å². The van der Waals surface area contributed by atoms with Crippen molar-refractivity contribution in [3.63, 3.8) is 0 Å². The molecule has 0 fully saturated rings. The van der Waals surface area contributed by atoms with Crippen LogP contribution in [0.1, 0.15) is 71.1 Å². The molecule has 0 unspecified atom stereocenters. The Hall–Kier alpha value is 0.0300. The van der Waals surface area contributed by atoms with Crippen molar-refractivity contribution in [2.24, 2.45) is 0 Å². The second-order valence-corrected chi connectivity index (χ2v) is 4.55. The molecule has 0 aliphatic carbocycles. The molecule has 15 heavy (non-hydrogen) atoms. The molecule has 0 atom stereocenters. The van der Waals surface area contributed by atoms with Crippen LogP contribution in [-0.4, -0.2) is 5.88 Å². The molecule has 0 aromatic rings. The number of halogens is 1. The molecule has 0 saturated heterocycles. The predicted octanol–water partition coefficient (Wildman–Crippen LogP) is 5.70. The van der Waals surface area contributed by atoms with Crippen molar-refractivity contribution < 1.29 is 0 Å². The summed E-state index contributed by atoms with van der Waals surface area (Å²) >= 11 is 5.54. The van der Waals surface area contributed by atoms with Gasteiger partial charge in [-0.3, -0.25) is 0 Å². The fourth-order valence-electron chi connectivity index (χ4n) is 1.75. The maximum atomic E-state index is 5.54. The Morgan fingerprint density at radius 3 is 1.80 bits per heavy atom. The summed E-state index contributed by atoms with van der Waals surface area (Å²) in [5, 5.41) is 0. The van der Waals surface area contributed by atoms with Crippen LogP contribution in [0.15, 0.2) is 12.2 Å². The van der Waals surface area contributed by atoms with E-state index in [0.717, 1.165) is 0 Å². The monoisotopic (exact) mass is 230 g/mol. The van der Waals surface area contributed by atoms with Crippen molar-refractivity contribution in [1.82, 2.24) is 0 Å². The summed E-state index contributed by atoms with van der Waals surface area (Å²) in [7, 11) is 0. The third kappa shape index (κ3) is 14.0. The van der Waals surface area contributed by atoms with Gasteiger partial charge in [-0.2, -0.15) is 0 Å². The van der Waals surface area contributed by atoms with Crippen molar-refractivity contribution in [3.05, 3.63) is 12.2 Å². The predicted molar refractivity (Wildman–Crippen MR) is 71.7 cm³/mol. The van der Waals surface area contributed by atoms with Crippen molar-refractivity contribution >= 4 is 11.6 Å². The van der Waals surface area contributed by atoms with E-state index in [1.54, 1.807) is 0 Å². The topological polar surface area (TPSA) is 0 Å². The van der Waals surface area contributed by atoms with Gasteiger partial charge in [-0.05, 0) is 12.8 Å². The summed E-state index contributed by atoms with van der Waals surface area (Å²) in [6.07, 6.45) is 18.1. The number of alkyl halides is 1. The van der Waals surface area contributed by atoms with Gasteiger partial charge in [0.05, 0.1) is 0 Å². The van der Waals surface area contributed by atoms with Crippen LogP contribution in [0, 0.1) is 0 Å². The van der Waals surface area contributed by atoms with Crippen LogP contribution < -0.4 is 0 Å². The molecule has 0 amide bonds. The van der Waals surface area contributed by atoms with Crippen LogP contribution in [0.2, 0.25) is 0 Å². The molecule has 0 aliphatic rings. The minimum absolute atomic E-state index is 0.664. The SMILES string of the molecule is CCCCCCCCCCCC=CCCl. The number of hydrogen-bond donors (Lipinski definition) is 0. The first kappa shape index (κ1) is 15.0. The van der Waals surface area contributed by atoms with Gasteiger partial charge >= 0.3 is 0 Å². The lowest BCUT2D eigenvalue weighted by Gasteiger charge is -2.00. The first-order valence-corrected chi connectivity index (χ1v) is 7.16. The van der Waals surface area contributed by atoms with Gasteiger partial charge in [0.1, 0.15) is 0 Å². The lowest BCUT2D eigenvalue weighted by Crippen LogP contribution is -1.80. The van der Waals surface area contributed by atoms with E-state index in [1.807, 2.05) is 6.08 Å². The molecule has 0 rings (SSSR count). The second-order valence-electron chi connectivity index (χ2n) is 4.24. The highest BCUT2D eigenvalue weighted by Gasteiger charge is 1.90. The maximum absolute atomic E-state index is 5.54. The largest absolute Gasteiger partial charge is 0.122 e. The van der Waals surface area contributed by atoms with Gasteiger partial charge in [0.2, 0.25) is 0 Å². The van der Waals surface area contributed by atoms with Gasteiger partial charge in [-0.15, -0.1) is 11.6 Å². The molecule has 0 spiro atoms. The van der Waals surface area contributed by atoms with Crippen molar-refractivity contribution in [1.29, 1.82) is 0 Å². The van der Waals surface area contributed by atoms with Crippen LogP contribution in [0.25, 0.3) is 0 Å². The van der Waals surface area contributed by atoms with E-state index in [-0.39, 0.29) is 0 Å². The van der Waals surface area contributed by atoms with E-state index >= 15 is 0 Å². The molecule has 0 N–H and O–H groups in total. The number of allylic oxidation sites excluding steroid dienone is 2. The van der Waals surface area contributed by atoms with Gasteiger partial charge < -0.3 is 0 Å². The zero-order valence-electron chi connectivity index (χ0n) is 10.3. The van der Waals surface area contributed by atoms with E-state index in [0.29, 0.717) is 5.88 Å². The average Bonchev–Trinajstić information content (AvgIpc) is 2.26. The lowest BCUT2D eigenvalue weighted by atomic mass is 10.1. The van der Waals surface area contributed by atoms with Crippen LogP contribution in [0.4, 0.5) is 0 Å². The van der Waals surface area contributed by atoms with Crippen LogP contribution in [0.5, 0.6) is 0 Å². The quantitative estimate of drug-likeness (QED) is 0.243. The molecule has 0 aromatic carbocycles. The molecular weight excluding hydrogens is 204 g/mol. The summed E-state index contributed by atoms with van der Waals surface area (Å²) in [4.78, 5) is 0. The van der Waals surface area contributed by atoms with Crippen LogP contribution >= 0.6 is 11.6 Å². The maximum Gasteiger partial charge on any atom is 0.0404 e. The Kier molecular flexibility index (Phi) is 14.1. The Labute approximate surface area is 101 Å². The minimum atomic E-state index is 0.664. The molecular formula is C14H27Cl. The van der Waals surface area contributed by atoms with E-state index in [4.69, 9.17) is 11.6 Å². The molecule has 0 nitrogen and oxygen atoms in total. The van der Waals surface area contributed by atoms with Crippen LogP contribution in [-0.2, 0) is 0 Å². The molecule has 0 bridgehead atoms. The van der Waals surface area contributed by atoms with Gasteiger partial charge in [-0.25, -0.2) is 0 Å². The lowest BCUT2D eigenvalue weighted by molar-refractivity contribution is 0.566. The first-order chi connectivity index (χ1) is 7.41. The third-order valence-corrected chi connectivity index (χ3v) is 2.91. The zero-order valence-corrected chi connectivity index (χ0v) is 11.1. The van der Waals surface area contributed by atoms with Crippen molar-refractivity contribution in [2.45, 2.75) is 71.1 Å². The van der Waals surface area contributed by atoms with E-state index in [9.17, 15) is 0 Å². The Bertz CT molecular complexity index is 129. The highest BCUT2D eigenvalue weighted by atomic mass is 35.5. The Morgan fingerprint density at radius 2 is 1.27 bits per heavy atom. The standard InChI is InChI=1S/C14H27Cl/c1-2-3-4-5-6-7-8-9-10-11-12-13-14-15/h12-13H,2-11,14H2,1H3. The second kappa shape index (κ2) is 14.0. The molecule has 0 heterocycles. The van der Waals surface area contributed by atoms with Gasteiger partial charge in [0.15, 0.2) is 0 Å². The molecule has 90 valence electrons. The van der Waals surface area contributed by atoms with E-state index in [2.05, 4.69) is 13.0 Å². The molecule has 0 aliphatic heterocycles. The number of rotatable bonds is 11. The van der Waals surface area contributed by atoms with E-state index in [1.165, 1.54) is 64.2 Å². The smallest absolute Gasteiger partial charge is 0.0404 e. The van der Waals surface area contributed by atoms with Gasteiger partial charge in [0.25, 0.3) is 0 Å². The molecule has 0 radical (unpaired) electrons. The zero-order chi connectivity index (χ0) is 11.2. The summed E-state index contributed by atoms with van der Waals surface area (Å²) < 4.78 is 0. The molecule has 0 aromatic heterocycles.